The highest BCUT2D eigenvalue weighted by Gasteiger charge is 2.28. The lowest BCUT2D eigenvalue weighted by atomic mass is 10.1. The molecule has 0 spiro atoms. The molecule has 166 valence electrons. The van der Waals surface area contributed by atoms with Gasteiger partial charge in [0.1, 0.15) is 12.1 Å². The maximum Gasteiger partial charge on any atom is 0.437 e. The molecule has 1 amide bonds. The molecule has 0 saturated heterocycles. The predicted molar refractivity (Wildman–Crippen MR) is 110 cm³/mol. The van der Waals surface area contributed by atoms with E-state index in [-0.39, 0.29) is 47.1 Å². The Morgan fingerprint density at radius 3 is 2.58 bits per heavy atom. The molecule has 0 atom stereocenters. The number of nitro benzene ring substituents is 1. The smallest absolute Gasteiger partial charge is 0.437 e. The molecule has 1 aromatic carbocycles. The van der Waals surface area contributed by atoms with Gasteiger partial charge in [-0.2, -0.15) is 4.68 Å². The summed E-state index contributed by atoms with van der Waals surface area (Å²) in [6.07, 6.45) is 5.53. The molecule has 3 rings (SSSR count). The van der Waals surface area contributed by atoms with E-state index < -0.39 is 10.7 Å². The Balaban J connectivity index is 1.93. The van der Waals surface area contributed by atoms with Crippen molar-refractivity contribution in [3.05, 3.63) is 45.5 Å². The first-order valence-corrected chi connectivity index (χ1v) is 9.78. The van der Waals surface area contributed by atoms with Gasteiger partial charge in [0.2, 0.25) is 5.91 Å². The van der Waals surface area contributed by atoms with Crippen molar-refractivity contribution in [3.63, 3.8) is 0 Å². The zero-order valence-corrected chi connectivity index (χ0v) is 17.4. The first kappa shape index (κ1) is 22.1. The Bertz CT molecular complexity index is 1040. The molecule has 1 saturated carbocycles. The number of aromatic nitrogens is 2. The van der Waals surface area contributed by atoms with Crippen molar-refractivity contribution in [2.45, 2.75) is 38.3 Å². The third kappa shape index (κ3) is 4.60. The zero-order valence-electron chi connectivity index (χ0n) is 17.4. The van der Waals surface area contributed by atoms with Crippen molar-refractivity contribution < 1.29 is 23.6 Å². The van der Waals surface area contributed by atoms with Crippen LogP contribution in [-0.2, 0) is 11.3 Å². The molecule has 1 fully saturated rings. The Labute approximate surface area is 178 Å². The summed E-state index contributed by atoms with van der Waals surface area (Å²) < 4.78 is 16.3. The van der Waals surface area contributed by atoms with E-state index >= 15 is 0 Å². The molecule has 0 bridgehead atoms. The summed E-state index contributed by atoms with van der Waals surface area (Å²) >= 11 is 0. The van der Waals surface area contributed by atoms with E-state index in [1.807, 2.05) is 0 Å². The SMILES string of the molecule is C=CCN(C(=O)Cn1nc(-c2cc(OC)c(OC)cc2[N+](=O)[O-])oc1=O)C1CCCC1. The number of hydrogen-bond donors (Lipinski definition) is 0. The van der Waals surface area contributed by atoms with E-state index in [0.717, 1.165) is 36.4 Å². The molecule has 11 nitrogen and oxygen atoms in total. The van der Waals surface area contributed by atoms with Gasteiger partial charge in [-0.3, -0.25) is 14.9 Å². The highest BCUT2D eigenvalue weighted by molar-refractivity contribution is 5.76. The van der Waals surface area contributed by atoms with Crippen LogP contribution in [0.5, 0.6) is 11.5 Å². The number of amides is 1. The average molecular weight is 432 g/mol. The lowest BCUT2D eigenvalue weighted by molar-refractivity contribution is -0.384. The minimum atomic E-state index is -0.891. The molecular weight excluding hydrogens is 408 g/mol. The van der Waals surface area contributed by atoms with Crippen LogP contribution in [0.4, 0.5) is 5.69 Å². The number of ether oxygens (including phenoxy) is 2. The fourth-order valence-electron chi connectivity index (χ4n) is 3.73. The van der Waals surface area contributed by atoms with Crippen LogP contribution < -0.4 is 15.2 Å². The van der Waals surface area contributed by atoms with Crippen LogP contribution in [-0.4, -0.2) is 52.3 Å². The minimum Gasteiger partial charge on any atom is -0.493 e. The van der Waals surface area contributed by atoms with Crippen molar-refractivity contribution in [2.75, 3.05) is 20.8 Å². The van der Waals surface area contributed by atoms with Crippen molar-refractivity contribution in [1.82, 2.24) is 14.7 Å². The van der Waals surface area contributed by atoms with Crippen molar-refractivity contribution >= 4 is 11.6 Å². The number of methoxy groups -OCH3 is 2. The molecule has 0 radical (unpaired) electrons. The van der Waals surface area contributed by atoms with Crippen LogP contribution in [0, 0.1) is 10.1 Å². The third-order valence-electron chi connectivity index (χ3n) is 5.23. The second-order valence-electron chi connectivity index (χ2n) is 7.09. The molecule has 1 aliphatic carbocycles. The van der Waals surface area contributed by atoms with Gasteiger partial charge in [0, 0.05) is 18.7 Å². The molecule has 0 unspecified atom stereocenters. The van der Waals surface area contributed by atoms with Gasteiger partial charge in [-0.1, -0.05) is 18.9 Å². The number of rotatable bonds is 9. The fourth-order valence-corrected chi connectivity index (χ4v) is 3.73. The van der Waals surface area contributed by atoms with Crippen LogP contribution >= 0.6 is 0 Å². The second-order valence-corrected chi connectivity index (χ2v) is 7.09. The van der Waals surface area contributed by atoms with Crippen LogP contribution in [0.1, 0.15) is 25.7 Å². The van der Waals surface area contributed by atoms with Crippen LogP contribution in [0.3, 0.4) is 0 Å². The van der Waals surface area contributed by atoms with E-state index in [1.165, 1.54) is 20.3 Å². The summed E-state index contributed by atoms with van der Waals surface area (Å²) in [7, 11) is 2.72. The maximum absolute atomic E-state index is 12.8. The van der Waals surface area contributed by atoms with Crippen molar-refractivity contribution in [3.8, 4) is 23.0 Å². The van der Waals surface area contributed by atoms with Gasteiger partial charge >= 0.3 is 5.76 Å². The standard InChI is InChI=1S/C20H24N4O7/c1-4-9-22(13-7-5-6-8-13)18(25)12-23-20(26)31-19(21-23)14-10-16(29-2)17(30-3)11-15(14)24(27)28/h4,10-11,13H,1,5-9,12H2,2-3H3. The van der Waals surface area contributed by atoms with E-state index in [2.05, 4.69) is 11.7 Å². The first-order chi connectivity index (χ1) is 14.9. The lowest BCUT2D eigenvalue weighted by Gasteiger charge is -2.27. The van der Waals surface area contributed by atoms with Gasteiger partial charge in [0.05, 0.1) is 25.2 Å². The molecule has 1 aromatic heterocycles. The first-order valence-electron chi connectivity index (χ1n) is 9.78. The molecule has 0 aliphatic heterocycles. The number of hydrogen-bond acceptors (Lipinski definition) is 8. The Morgan fingerprint density at radius 2 is 2.00 bits per heavy atom. The molecule has 11 heteroatoms. The summed E-state index contributed by atoms with van der Waals surface area (Å²) in [6.45, 7) is 3.72. The van der Waals surface area contributed by atoms with Gasteiger partial charge in [-0.05, 0) is 12.8 Å². The molecular formula is C20H24N4O7. The lowest BCUT2D eigenvalue weighted by Crippen LogP contribution is -2.42. The third-order valence-corrected chi connectivity index (χ3v) is 5.23. The zero-order chi connectivity index (χ0) is 22.5. The summed E-state index contributed by atoms with van der Waals surface area (Å²) in [6, 6.07) is 2.56. The fraction of sp³-hybridized carbons (Fsp3) is 0.450. The largest absolute Gasteiger partial charge is 0.493 e. The highest BCUT2D eigenvalue weighted by Crippen LogP contribution is 2.38. The van der Waals surface area contributed by atoms with Crippen LogP contribution in [0.2, 0.25) is 0 Å². The Kier molecular flexibility index (Phi) is 6.73. The van der Waals surface area contributed by atoms with Gasteiger partial charge < -0.3 is 18.8 Å². The molecule has 31 heavy (non-hydrogen) atoms. The van der Waals surface area contributed by atoms with E-state index in [0.29, 0.717) is 6.54 Å². The topological polar surface area (TPSA) is 130 Å². The van der Waals surface area contributed by atoms with Crippen LogP contribution in [0.25, 0.3) is 11.5 Å². The molecule has 1 aliphatic rings. The summed E-state index contributed by atoms with van der Waals surface area (Å²) in [4.78, 5) is 37.7. The second kappa shape index (κ2) is 9.45. The monoisotopic (exact) mass is 432 g/mol. The quantitative estimate of drug-likeness (QED) is 0.335. The Morgan fingerprint density at radius 1 is 1.35 bits per heavy atom. The van der Waals surface area contributed by atoms with Crippen LogP contribution in [0.15, 0.2) is 34.0 Å². The number of carbonyl (C=O) groups excluding carboxylic acids is 1. The van der Waals surface area contributed by atoms with Gasteiger partial charge in [0.25, 0.3) is 11.6 Å². The van der Waals surface area contributed by atoms with Gasteiger partial charge in [-0.25, -0.2) is 4.79 Å². The van der Waals surface area contributed by atoms with Gasteiger partial charge in [-0.15, -0.1) is 11.7 Å². The number of nitrogens with zero attached hydrogens (tertiary/aromatic N) is 4. The molecule has 2 aromatic rings. The number of carbonyl (C=O) groups is 1. The summed E-state index contributed by atoms with van der Waals surface area (Å²) in [5.74, 6) is -1.13. The molecule has 0 N–H and O–H groups in total. The summed E-state index contributed by atoms with van der Waals surface area (Å²) in [5.41, 5.74) is -0.443. The normalized spacial score (nSPS) is 13.7. The van der Waals surface area contributed by atoms with Crippen molar-refractivity contribution in [1.29, 1.82) is 0 Å². The summed E-state index contributed by atoms with van der Waals surface area (Å²) in [5, 5.41) is 15.6. The maximum atomic E-state index is 12.8. The van der Waals surface area contributed by atoms with E-state index in [1.54, 1.807) is 11.0 Å². The van der Waals surface area contributed by atoms with E-state index in [9.17, 15) is 19.7 Å². The Hall–Kier alpha value is -3.63. The van der Waals surface area contributed by atoms with Crippen molar-refractivity contribution in [2.24, 2.45) is 0 Å². The predicted octanol–water partition coefficient (Wildman–Crippen LogP) is 2.39. The minimum absolute atomic E-state index is 0.0651. The average Bonchev–Trinajstić information content (AvgIpc) is 3.41. The number of nitro groups is 1. The highest BCUT2D eigenvalue weighted by atomic mass is 16.6. The van der Waals surface area contributed by atoms with E-state index in [4.69, 9.17) is 13.9 Å². The molecule has 1 heterocycles. The van der Waals surface area contributed by atoms with Gasteiger partial charge in [0.15, 0.2) is 11.5 Å². The number of benzene rings is 1.